The molecular formula is C16H26N4O4. The van der Waals surface area contributed by atoms with Crippen LogP contribution >= 0.6 is 0 Å². The van der Waals surface area contributed by atoms with Crippen molar-refractivity contribution in [1.82, 2.24) is 19.9 Å². The van der Waals surface area contributed by atoms with Gasteiger partial charge in [0.2, 0.25) is 0 Å². The minimum atomic E-state index is -1.06. The molecule has 0 radical (unpaired) electrons. The molecule has 2 rings (SSSR count). The highest BCUT2D eigenvalue weighted by Gasteiger charge is 2.32. The van der Waals surface area contributed by atoms with E-state index in [1.54, 1.807) is 9.58 Å². The predicted molar refractivity (Wildman–Crippen MR) is 87.1 cm³/mol. The van der Waals surface area contributed by atoms with Crippen molar-refractivity contribution in [3.8, 4) is 0 Å². The lowest BCUT2D eigenvalue weighted by Crippen LogP contribution is -2.41. The van der Waals surface area contributed by atoms with E-state index in [9.17, 15) is 14.7 Å². The van der Waals surface area contributed by atoms with Crippen LogP contribution in [0.4, 0.5) is 4.79 Å². The highest BCUT2D eigenvalue weighted by molar-refractivity contribution is 5.86. The van der Waals surface area contributed by atoms with Gasteiger partial charge in [0.15, 0.2) is 5.69 Å². The van der Waals surface area contributed by atoms with Crippen LogP contribution < -0.4 is 0 Å². The highest BCUT2D eigenvalue weighted by Crippen LogP contribution is 2.31. The van der Waals surface area contributed by atoms with Crippen LogP contribution in [0.3, 0.4) is 0 Å². The first-order chi connectivity index (χ1) is 11.1. The van der Waals surface area contributed by atoms with E-state index in [4.69, 9.17) is 4.74 Å². The fraction of sp³-hybridized carbons (Fsp3) is 0.750. The standard InChI is InChI=1S/C16H26N4O4/c1-10(2)20-13(12(14(21)22)17-18-20)11-6-8-19(9-7-11)15(23)24-16(3,4)5/h10-11H,6-9H2,1-5H3,(H,21,22). The molecule has 1 aliphatic heterocycles. The molecule has 1 aromatic rings. The van der Waals surface area contributed by atoms with Crippen LogP contribution in [0, 0.1) is 0 Å². The first-order valence-corrected chi connectivity index (χ1v) is 8.26. The minimum absolute atomic E-state index is 0.0134. The molecule has 0 spiro atoms. The van der Waals surface area contributed by atoms with Crippen molar-refractivity contribution < 1.29 is 19.4 Å². The summed E-state index contributed by atoms with van der Waals surface area (Å²) in [7, 11) is 0. The van der Waals surface area contributed by atoms with E-state index in [1.165, 1.54) is 0 Å². The van der Waals surface area contributed by atoms with Gasteiger partial charge in [0.05, 0.1) is 5.69 Å². The van der Waals surface area contributed by atoms with Crippen LogP contribution in [0.15, 0.2) is 0 Å². The Morgan fingerprint density at radius 1 is 1.25 bits per heavy atom. The number of aromatic nitrogens is 3. The van der Waals surface area contributed by atoms with Gasteiger partial charge in [-0.05, 0) is 47.5 Å². The van der Waals surface area contributed by atoms with E-state index in [2.05, 4.69) is 10.3 Å². The van der Waals surface area contributed by atoms with Crippen LogP contribution in [-0.2, 0) is 4.74 Å². The summed E-state index contributed by atoms with van der Waals surface area (Å²) >= 11 is 0. The molecule has 0 aliphatic carbocycles. The average molecular weight is 338 g/mol. The second-order valence-electron chi connectivity index (χ2n) is 7.41. The SMILES string of the molecule is CC(C)n1nnc(C(=O)O)c1C1CCN(C(=O)OC(C)(C)C)CC1. The number of carbonyl (C=O) groups excluding carboxylic acids is 1. The van der Waals surface area contributed by atoms with Crippen molar-refractivity contribution in [1.29, 1.82) is 0 Å². The quantitative estimate of drug-likeness (QED) is 0.910. The van der Waals surface area contributed by atoms with Gasteiger partial charge in [0.25, 0.3) is 0 Å². The molecule has 1 saturated heterocycles. The van der Waals surface area contributed by atoms with Gasteiger partial charge in [-0.25, -0.2) is 14.3 Å². The molecule has 1 fully saturated rings. The number of carbonyl (C=O) groups is 2. The van der Waals surface area contributed by atoms with E-state index in [1.807, 2.05) is 34.6 Å². The van der Waals surface area contributed by atoms with Crippen LogP contribution in [0.2, 0.25) is 0 Å². The Kier molecular flexibility index (Phi) is 5.15. The summed E-state index contributed by atoms with van der Waals surface area (Å²) in [6.45, 7) is 10.5. The summed E-state index contributed by atoms with van der Waals surface area (Å²) in [6, 6.07) is 0.0319. The molecule has 2 heterocycles. The first-order valence-electron chi connectivity index (χ1n) is 8.26. The monoisotopic (exact) mass is 338 g/mol. The van der Waals surface area contributed by atoms with Gasteiger partial charge < -0.3 is 14.7 Å². The number of carboxylic acids is 1. The molecule has 0 atom stereocenters. The largest absolute Gasteiger partial charge is 0.476 e. The normalized spacial score (nSPS) is 16.5. The molecule has 8 heteroatoms. The second kappa shape index (κ2) is 6.78. The molecule has 1 N–H and O–H groups in total. The van der Waals surface area contributed by atoms with Gasteiger partial charge >= 0.3 is 12.1 Å². The molecule has 8 nitrogen and oxygen atoms in total. The summed E-state index contributed by atoms with van der Waals surface area (Å²) in [5.41, 5.74) is 0.144. The lowest BCUT2D eigenvalue weighted by atomic mass is 9.92. The maximum absolute atomic E-state index is 12.1. The van der Waals surface area contributed by atoms with Gasteiger partial charge in [-0.3, -0.25) is 0 Å². The number of hydrogen-bond acceptors (Lipinski definition) is 5. The fourth-order valence-corrected chi connectivity index (χ4v) is 2.88. The summed E-state index contributed by atoms with van der Waals surface area (Å²) in [5, 5.41) is 17.2. The highest BCUT2D eigenvalue weighted by atomic mass is 16.6. The van der Waals surface area contributed by atoms with Gasteiger partial charge in [0.1, 0.15) is 5.60 Å². The van der Waals surface area contributed by atoms with Crippen LogP contribution in [-0.4, -0.2) is 55.8 Å². The molecule has 0 aromatic carbocycles. The van der Waals surface area contributed by atoms with Gasteiger partial charge in [-0.2, -0.15) is 0 Å². The zero-order valence-corrected chi connectivity index (χ0v) is 14.9. The van der Waals surface area contributed by atoms with E-state index >= 15 is 0 Å². The van der Waals surface area contributed by atoms with Crippen molar-refractivity contribution in [2.24, 2.45) is 0 Å². The third-order valence-electron chi connectivity index (χ3n) is 3.96. The van der Waals surface area contributed by atoms with Gasteiger partial charge in [0, 0.05) is 25.0 Å². The van der Waals surface area contributed by atoms with E-state index < -0.39 is 11.6 Å². The van der Waals surface area contributed by atoms with Crippen LogP contribution in [0.5, 0.6) is 0 Å². The van der Waals surface area contributed by atoms with Gasteiger partial charge in [-0.15, -0.1) is 5.10 Å². The Morgan fingerprint density at radius 2 is 1.83 bits per heavy atom. The Labute approximate surface area is 141 Å². The van der Waals surface area contributed by atoms with E-state index in [0.29, 0.717) is 31.6 Å². The van der Waals surface area contributed by atoms with Crippen molar-refractivity contribution in [3.63, 3.8) is 0 Å². The Bertz CT molecular complexity index is 610. The average Bonchev–Trinajstić information content (AvgIpc) is 2.90. The summed E-state index contributed by atoms with van der Waals surface area (Å²) < 4.78 is 7.07. The molecule has 0 unspecified atom stereocenters. The first kappa shape index (κ1) is 18.2. The lowest BCUT2D eigenvalue weighted by molar-refractivity contribution is 0.0202. The topological polar surface area (TPSA) is 97.5 Å². The van der Waals surface area contributed by atoms with E-state index in [-0.39, 0.29) is 23.7 Å². The Balaban J connectivity index is 2.11. The zero-order valence-electron chi connectivity index (χ0n) is 14.9. The molecule has 0 saturated carbocycles. The van der Waals surface area contributed by atoms with Crippen molar-refractivity contribution in [3.05, 3.63) is 11.4 Å². The van der Waals surface area contributed by atoms with Crippen molar-refractivity contribution in [2.45, 2.75) is 65.0 Å². The second-order valence-corrected chi connectivity index (χ2v) is 7.41. The summed E-state index contributed by atoms with van der Waals surface area (Å²) in [4.78, 5) is 25.2. The van der Waals surface area contributed by atoms with Crippen LogP contribution in [0.1, 0.15) is 75.6 Å². The van der Waals surface area contributed by atoms with Crippen LogP contribution in [0.25, 0.3) is 0 Å². The molecular weight excluding hydrogens is 312 g/mol. The number of aromatic carboxylic acids is 1. The zero-order chi connectivity index (χ0) is 18.1. The van der Waals surface area contributed by atoms with Gasteiger partial charge in [-0.1, -0.05) is 5.21 Å². The number of piperidine rings is 1. The number of ether oxygens (including phenoxy) is 1. The molecule has 24 heavy (non-hydrogen) atoms. The minimum Gasteiger partial charge on any atom is -0.476 e. The summed E-state index contributed by atoms with van der Waals surface area (Å²) in [6.07, 6.45) is 1.01. The maximum Gasteiger partial charge on any atom is 0.410 e. The maximum atomic E-state index is 12.1. The fourth-order valence-electron chi connectivity index (χ4n) is 2.88. The molecule has 1 aliphatic rings. The number of hydrogen-bond donors (Lipinski definition) is 1. The number of likely N-dealkylation sites (tertiary alicyclic amines) is 1. The number of carboxylic acid groups (broad SMARTS) is 1. The van der Waals surface area contributed by atoms with E-state index in [0.717, 1.165) is 0 Å². The molecule has 1 amide bonds. The smallest absolute Gasteiger partial charge is 0.410 e. The third kappa shape index (κ3) is 4.04. The lowest BCUT2D eigenvalue weighted by Gasteiger charge is -2.33. The number of nitrogens with zero attached hydrogens (tertiary/aromatic N) is 4. The summed E-state index contributed by atoms with van der Waals surface area (Å²) in [5.74, 6) is -1.04. The molecule has 1 aromatic heterocycles. The van der Waals surface area contributed by atoms with Crippen molar-refractivity contribution >= 4 is 12.1 Å². The molecule has 0 bridgehead atoms. The predicted octanol–water partition coefficient (Wildman–Crippen LogP) is 2.67. The van der Waals surface area contributed by atoms with Crippen molar-refractivity contribution in [2.75, 3.05) is 13.1 Å². The Morgan fingerprint density at radius 3 is 2.29 bits per heavy atom. The Hall–Kier alpha value is -2.12. The number of amides is 1. The number of rotatable bonds is 3. The third-order valence-corrected chi connectivity index (χ3v) is 3.96. The molecule has 134 valence electrons.